The van der Waals surface area contributed by atoms with E-state index in [1.807, 2.05) is 30.3 Å². The van der Waals surface area contributed by atoms with Crippen molar-refractivity contribution < 1.29 is 9.59 Å². The molecule has 106 valence electrons. The van der Waals surface area contributed by atoms with Gasteiger partial charge >= 0.3 is 0 Å². The summed E-state index contributed by atoms with van der Waals surface area (Å²) in [5.74, 6) is -0.191. The molecule has 1 saturated heterocycles. The maximum Gasteiger partial charge on any atom is 0.245 e. The molecule has 1 aliphatic heterocycles. The Morgan fingerprint density at radius 1 is 1.35 bits per heavy atom. The van der Waals surface area contributed by atoms with E-state index in [1.165, 1.54) is 0 Å². The minimum Gasteiger partial charge on any atom is -0.343 e. The summed E-state index contributed by atoms with van der Waals surface area (Å²) >= 11 is 0. The van der Waals surface area contributed by atoms with Gasteiger partial charge in [-0.15, -0.1) is 0 Å². The van der Waals surface area contributed by atoms with Gasteiger partial charge in [-0.25, -0.2) is 0 Å². The minimum absolute atomic E-state index is 0.00791. The predicted molar refractivity (Wildman–Crippen MR) is 74.6 cm³/mol. The van der Waals surface area contributed by atoms with E-state index >= 15 is 0 Å². The van der Waals surface area contributed by atoms with Gasteiger partial charge in [-0.3, -0.25) is 9.59 Å². The van der Waals surface area contributed by atoms with E-state index in [1.54, 1.807) is 4.90 Å². The summed E-state index contributed by atoms with van der Waals surface area (Å²) in [6.07, 6.45) is 2.09. The van der Waals surface area contributed by atoms with Gasteiger partial charge < -0.3 is 16.0 Å². The largest absolute Gasteiger partial charge is 0.343 e. The van der Waals surface area contributed by atoms with Gasteiger partial charge in [-0.1, -0.05) is 30.3 Å². The Bertz CT molecular complexity index is 525. The van der Waals surface area contributed by atoms with E-state index in [-0.39, 0.29) is 11.8 Å². The fraction of sp³-hybridized carbons (Fsp3) is 0.467. The molecule has 1 unspecified atom stereocenters. The lowest BCUT2D eigenvalue weighted by Crippen LogP contribution is -2.49. The summed E-state index contributed by atoms with van der Waals surface area (Å²) in [4.78, 5) is 25.9. The Balaban J connectivity index is 1.58. The lowest BCUT2D eigenvalue weighted by Gasteiger charge is -2.18. The van der Waals surface area contributed by atoms with Crippen LogP contribution in [0.4, 0.5) is 0 Å². The highest BCUT2D eigenvalue weighted by molar-refractivity contribution is 5.94. The third-order valence-electron chi connectivity index (χ3n) is 4.06. The maximum absolute atomic E-state index is 12.3. The first-order valence-corrected chi connectivity index (χ1v) is 7.01. The lowest BCUT2D eigenvalue weighted by molar-refractivity contribution is -0.133. The third-order valence-corrected chi connectivity index (χ3v) is 4.06. The number of carbonyl (C=O) groups is 2. The first-order chi connectivity index (χ1) is 9.58. The molecule has 1 atom stereocenters. The number of nitrogens with two attached hydrogens (primary N) is 1. The normalized spacial score (nSPS) is 23.8. The fourth-order valence-corrected chi connectivity index (χ4v) is 2.50. The topological polar surface area (TPSA) is 75.4 Å². The van der Waals surface area contributed by atoms with Crippen molar-refractivity contribution in [2.24, 2.45) is 5.73 Å². The number of hydrogen-bond acceptors (Lipinski definition) is 3. The molecule has 1 aromatic rings. The van der Waals surface area contributed by atoms with Crippen molar-refractivity contribution in [2.45, 2.75) is 37.4 Å². The van der Waals surface area contributed by atoms with Crippen LogP contribution in [0.3, 0.4) is 0 Å². The van der Waals surface area contributed by atoms with Gasteiger partial charge in [0.2, 0.25) is 11.8 Å². The average molecular weight is 273 g/mol. The molecule has 5 nitrogen and oxygen atoms in total. The number of rotatable bonds is 4. The SMILES string of the molecule is NC1(C(=O)NC2CCN(Cc3ccccc3)C2=O)CC1. The van der Waals surface area contributed by atoms with Crippen LogP contribution >= 0.6 is 0 Å². The standard InChI is InChI=1S/C15H19N3O2/c16-15(7-8-15)14(20)17-12-6-9-18(13(12)19)10-11-4-2-1-3-5-11/h1-5,12H,6-10,16H2,(H,17,20). The molecule has 2 amide bonds. The third kappa shape index (κ3) is 2.54. The Hall–Kier alpha value is -1.88. The molecule has 0 aromatic heterocycles. The highest BCUT2D eigenvalue weighted by atomic mass is 16.2. The molecular weight excluding hydrogens is 254 g/mol. The van der Waals surface area contributed by atoms with Crippen LogP contribution in [0, 0.1) is 0 Å². The number of amides is 2. The van der Waals surface area contributed by atoms with Crippen molar-refractivity contribution in [2.75, 3.05) is 6.54 Å². The number of nitrogens with one attached hydrogen (secondary N) is 1. The van der Waals surface area contributed by atoms with Crippen LogP contribution in [0.2, 0.25) is 0 Å². The summed E-state index contributed by atoms with van der Waals surface area (Å²) in [5, 5.41) is 2.79. The molecule has 3 N–H and O–H groups in total. The highest BCUT2D eigenvalue weighted by Crippen LogP contribution is 2.32. The van der Waals surface area contributed by atoms with Gasteiger partial charge in [-0.2, -0.15) is 0 Å². The molecular formula is C15H19N3O2. The fourth-order valence-electron chi connectivity index (χ4n) is 2.50. The van der Waals surface area contributed by atoms with E-state index in [4.69, 9.17) is 5.73 Å². The Morgan fingerprint density at radius 3 is 2.70 bits per heavy atom. The second kappa shape index (κ2) is 4.90. The molecule has 1 aromatic carbocycles. The van der Waals surface area contributed by atoms with E-state index in [0.717, 1.165) is 5.56 Å². The van der Waals surface area contributed by atoms with Crippen molar-refractivity contribution in [3.05, 3.63) is 35.9 Å². The lowest BCUT2D eigenvalue weighted by atomic mass is 10.2. The molecule has 0 radical (unpaired) electrons. The van der Waals surface area contributed by atoms with E-state index in [0.29, 0.717) is 32.4 Å². The van der Waals surface area contributed by atoms with Crippen LogP contribution in [-0.4, -0.2) is 34.8 Å². The first kappa shape index (κ1) is 13.1. The molecule has 0 spiro atoms. The van der Waals surface area contributed by atoms with Crippen LogP contribution in [-0.2, 0) is 16.1 Å². The number of carbonyl (C=O) groups excluding carboxylic acids is 2. The Morgan fingerprint density at radius 2 is 2.05 bits per heavy atom. The van der Waals surface area contributed by atoms with Gasteiger partial charge in [-0.05, 0) is 24.8 Å². The van der Waals surface area contributed by atoms with Crippen molar-refractivity contribution in [1.29, 1.82) is 0 Å². The van der Waals surface area contributed by atoms with Crippen LogP contribution in [0.25, 0.3) is 0 Å². The smallest absolute Gasteiger partial charge is 0.245 e. The molecule has 0 bridgehead atoms. The molecule has 1 aliphatic carbocycles. The minimum atomic E-state index is -0.715. The second-order valence-electron chi connectivity index (χ2n) is 5.72. The summed E-state index contributed by atoms with van der Waals surface area (Å²) in [6.45, 7) is 1.27. The average Bonchev–Trinajstić information content (AvgIpc) is 3.13. The Kier molecular flexibility index (Phi) is 3.22. The zero-order valence-corrected chi connectivity index (χ0v) is 11.3. The van der Waals surface area contributed by atoms with Crippen LogP contribution in [0.5, 0.6) is 0 Å². The predicted octanol–water partition coefficient (Wildman–Crippen LogP) is 0.395. The Labute approximate surface area is 118 Å². The number of likely N-dealkylation sites (tertiary alicyclic amines) is 1. The van der Waals surface area contributed by atoms with Gasteiger partial charge in [0.25, 0.3) is 0 Å². The van der Waals surface area contributed by atoms with Crippen LogP contribution < -0.4 is 11.1 Å². The number of benzene rings is 1. The van der Waals surface area contributed by atoms with Crippen molar-refractivity contribution in [3.8, 4) is 0 Å². The van der Waals surface area contributed by atoms with E-state index in [2.05, 4.69) is 5.32 Å². The van der Waals surface area contributed by atoms with Gasteiger partial charge in [0.05, 0.1) is 5.54 Å². The molecule has 2 aliphatic rings. The maximum atomic E-state index is 12.3. The zero-order chi connectivity index (χ0) is 14.2. The zero-order valence-electron chi connectivity index (χ0n) is 11.3. The van der Waals surface area contributed by atoms with E-state index < -0.39 is 11.6 Å². The summed E-state index contributed by atoms with van der Waals surface area (Å²) in [7, 11) is 0. The van der Waals surface area contributed by atoms with Crippen molar-refractivity contribution in [3.63, 3.8) is 0 Å². The van der Waals surface area contributed by atoms with Crippen molar-refractivity contribution in [1.82, 2.24) is 10.2 Å². The summed E-state index contributed by atoms with van der Waals surface area (Å²) < 4.78 is 0. The van der Waals surface area contributed by atoms with E-state index in [9.17, 15) is 9.59 Å². The van der Waals surface area contributed by atoms with Crippen LogP contribution in [0.15, 0.2) is 30.3 Å². The van der Waals surface area contributed by atoms with Crippen molar-refractivity contribution >= 4 is 11.8 Å². The molecule has 1 saturated carbocycles. The molecule has 1 heterocycles. The number of hydrogen-bond donors (Lipinski definition) is 2. The second-order valence-corrected chi connectivity index (χ2v) is 5.72. The monoisotopic (exact) mass is 273 g/mol. The van der Waals surface area contributed by atoms with Crippen LogP contribution in [0.1, 0.15) is 24.8 Å². The van der Waals surface area contributed by atoms with Gasteiger partial charge in [0.1, 0.15) is 6.04 Å². The number of nitrogens with zero attached hydrogens (tertiary/aromatic N) is 1. The summed E-state index contributed by atoms with van der Waals surface area (Å²) in [6, 6.07) is 9.46. The van der Waals surface area contributed by atoms with Gasteiger partial charge in [0.15, 0.2) is 0 Å². The quantitative estimate of drug-likeness (QED) is 0.833. The van der Waals surface area contributed by atoms with Gasteiger partial charge in [0, 0.05) is 13.1 Å². The summed E-state index contributed by atoms with van der Waals surface area (Å²) in [5.41, 5.74) is 6.22. The molecule has 2 fully saturated rings. The highest BCUT2D eigenvalue weighted by Gasteiger charge is 2.47. The molecule has 3 rings (SSSR count). The molecule has 20 heavy (non-hydrogen) atoms. The first-order valence-electron chi connectivity index (χ1n) is 7.01. The molecule has 5 heteroatoms.